The topological polar surface area (TPSA) is 74.8 Å². The molecule has 9 heteroatoms. The van der Waals surface area contributed by atoms with Crippen LogP contribution in [0.5, 0.6) is 0 Å². The lowest BCUT2D eigenvalue weighted by Gasteiger charge is -2.24. The molecule has 3 rings (SSSR count). The van der Waals surface area contributed by atoms with E-state index in [9.17, 15) is 18.0 Å². The van der Waals surface area contributed by atoms with Gasteiger partial charge in [0, 0.05) is 26.1 Å². The summed E-state index contributed by atoms with van der Waals surface area (Å²) in [4.78, 5) is 28.5. The molecule has 0 aromatic heterocycles. The average Bonchev–Trinajstić information content (AvgIpc) is 3.12. The Hall–Kier alpha value is -1.71. The molecule has 144 valence electrons. The van der Waals surface area contributed by atoms with Crippen LogP contribution >= 0.6 is 24.0 Å². The SMILES string of the molecule is CN(C(=O)CCN1C(=O)/C(=C\c2ccccc2)SC1=S)[C@@H]1CCS(=O)(=O)C1. The largest absolute Gasteiger partial charge is 0.342 e. The number of carbonyl (C=O) groups is 2. The van der Waals surface area contributed by atoms with Crippen molar-refractivity contribution < 1.29 is 18.0 Å². The van der Waals surface area contributed by atoms with Crippen molar-refractivity contribution in [2.45, 2.75) is 18.9 Å². The van der Waals surface area contributed by atoms with Crippen molar-refractivity contribution in [3.63, 3.8) is 0 Å². The molecule has 1 aromatic carbocycles. The zero-order valence-corrected chi connectivity index (χ0v) is 17.3. The van der Waals surface area contributed by atoms with E-state index in [2.05, 4.69) is 0 Å². The molecule has 0 saturated carbocycles. The van der Waals surface area contributed by atoms with Crippen LogP contribution in [0.1, 0.15) is 18.4 Å². The Labute approximate surface area is 168 Å². The highest BCUT2D eigenvalue weighted by molar-refractivity contribution is 8.26. The van der Waals surface area contributed by atoms with E-state index in [1.165, 1.54) is 21.6 Å². The van der Waals surface area contributed by atoms with Gasteiger partial charge in [-0.2, -0.15) is 0 Å². The molecule has 2 amide bonds. The van der Waals surface area contributed by atoms with E-state index in [-0.39, 0.29) is 42.3 Å². The third kappa shape index (κ3) is 4.77. The Morgan fingerprint density at radius 2 is 2.07 bits per heavy atom. The number of sulfone groups is 1. The van der Waals surface area contributed by atoms with Gasteiger partial charge in [0.2, 0.25) is 5.91 Å². The van der Waals surface area contributed by atoms with Crippen LogP contribution < -0.4 is 0 Å². The van der Waals surface area contributed by atoms with Crippen molar-refractivity contribution in [1.29, 1.82) is 0 Å². The number of hydrogen-bond donors (Lipinski definition) is 0. The molecule has 2 aliphatic rings. The first kappa shape index (κ1) is 20.0. The van der Waals surface area contributed by atoms with Gasteiger partial charge in [0.1, 0.15) is 4.32 Å². The molecule has 0 radical (unpaired) electrons. The fourth-order valence-corrected chi connectivity index (χ4v) is 6.14. The maximum absolute atomic E-state index is 12.6. The van der Waals surface area contributed by atoms with E-state index in [1.54, 1.807) is 13.1 Å². The van der Waals surface area contributed by atoms with Crippen LogP contribution in [0.15, 0.2) is 35.2 Å². The molecular formula is C18H20N2O4S3. The summed E-state index contributed by atoms with van der Waals surface area (Å²) in [6.45, 7) is 0.194. The first-order valence-electron chi connectivity index (χ1n) is 8.53. The van der Waals surface area contributed by atoms with Gasteiger partial charge in [-0.1, -0.05) is 54.3 Å². The van der Waals surface area contributed by atoms with E-state index in [1.807, 2.05) is 30.3 Å². The molecule has 2 heterocycles. The maximum atomic E-state index is 12.6. The third-order valence-electron chi connectivity index (χ3n) is 4.67. The second-order valence-corrected chi connectivity index (χ2v) is 10.5. The van der Waals surface area contributed by atoms with Crippen molar-refractivity contribution in [2.24, 2.45) is 0 Å². The Bertz CT molecular complexity index is 896. The number of hydrogen-bond acceptors (Lipinski definition) is 6. The number of thioether (sulfide) groups is 1. The molecule has 0 spiro atoms. The van der Waals surface area contributed by atoms with Crippen LogP contribution in [0.25, 0.3) is 6.08 Å². The molecule has 0 N–H and O–H groups in total. The van der Waals surface area contributed by atoms with Gasteiger partial charge >= 0.3 is 0 Å². The van der Waals surface area contributed by atoms with E-state index in [0.29, 0.717) is 15.6 Å². The number of thiocarbonyl (C=S) groups is 1. The van der Waals surface area contributed by atoms with Gasteiger partial charge in [-0.25, -0.2) is 8.42 Å². The number of nitrogens with zero attached hydrogens (tertiary/aromatic N) is 2. The minimum atomic E-state index is -3.05. The van der Waals surface area contributed by atoms with E-state index in [4.69, 9.17) is 12.2 Å². The van der Waals surface area contributed by atoms with Gasteiger partial charge in [-0.05, 0) is 18.1 Å². The summed E-state index contributed by atoms with van der Waals surface area (Å²) in [7, 11) is -1.43. The molecule has 0 unspecified atom stereocenters. The zero-order chi connectivity index (χ0) is 19.6. The molecule has 6 nitrogen and oxygen atoms in total. The van der Waals surface area contributed by atoms with Crippen molar-refractivity contribution >= 4 is 56.0 Å². The quantitative estimate of drug-likeness (QED) is 0.531. The molecule has 0 bridgehead atoms. The Morgan fingerprint density at radius 3 is 2.70 bits per heavy atom. The summed E-state index contributed by atoms with van der Waals surface area (Å²) in [5.41, 5.74) is 0.913. The smallest absolute Gasteiger partial charge is 0.266 e. The predicted molar refractivity (Wildman–Crippen MR) is 111 cm³/mol. The first-order valence-corrected chi connectivity index (χ1v) is 11.6. The van der Waals surface area contributed by atoms with Crippen molar-refractivity contribution in [1.82, 2.24) is 9.80 Å². The van der Waals surface area contributed by atoms with E-state index >= 15 is 0 Å². The van der Waals surface area contributed by atoms with Gasteiger partial charge in [0.15, 0.2) is 9.84 Å². The highest BCUT2D eigenvalue weighted by Crippen LogP contribution is 2.32. The maximum Gasteiger partial charge on any atom is 0.266 e. The Balaban J connectivity index is 1.59. The lowest BCUT2D eigenvalue weighted by molar-refractivity contribution is -0.132. The van der Waals surface area contributed by atoms with Gasteiger partial charge in [-0.15, -0.1) is 0 Å². The number of carbonyl (C=O) groups excluding carboxylic acids is 2. The summed E-state index contributed by atoms with van der Waals surface area (Å²) in [6.07, 6.45) is 2.36. The molecule has 1 aromatic rings. The Kier molecular flexibility index (Phi) is 6.02. The van der Waals surface area contributed by atoms with Crippen LogP contribution in [0.4, 0.5) is 0 Å². The van der Waals surface area contributed by atoms with Gasteiger partial charge in [-0.3, -0.25) is 14.5 Å². The standard InChI is InChI=1S/C18H20N2O4S3/c1-19(14-8-10-27(23,24)12-14)16(21)7-9-20-17(22)15(26-18(20)25)11-13-5-3-2-4-6-13/h2-6,11,14H,7-10,12H2,1H3/b15-11+/t14-/m1/s1. The molecule has 2 aliphatic heterocycles. The second kappa shape index (κ2) is 8.12. The third-order valence-corrected chi connectivity index (χ3v) is 7.80. The van der Waals surface area contributed by atoms with Crippen LogP contribution in [-0.4, -0.2) is 65.5 Å². The van der Waals surface area contributed by atoms with Crippen LogP contribution in [0.2, 0.25) is 0 Å². The Morgan fingerprint density at radius 1 is 1.37 bits per heavy atom. The van der Waals surface area contributed by atoms with Crippen molar-refractivity contribution in [3.05, 3.63) is 40.8 Å². The molecule has 2 fully saturated rings. The van der Waals surface area contributed by atoms with Crippen LogP contribution in [0.3, 0.4) is 0 Å². The number of amides is 2. The summed E-state index contributed by atoms with van der Waals surface area (Å²) >= 11 is 6.52. The highest BCUT2D eigenvalue weighted by Gasteiger charge is 2.35. The minimum absolute atomic E-state index is 0.0100. The molecule has 2 saturated heterocycles. The number of benzene rings is 1. The molecule has 0 aliphatic carbocycles. The van der Waals surface area contributed by atoms with E-state index < -0.39 is 9.84 Å². The summed E-state index contributed by atoms with van der Waals surface area (Å²) in [6, 6.07) is 9.21. The van der Waals surface area contributed by atoms with Gasteiger partial charge < -0.3 is 4.90 Å². The van der Waals surface area contributed by atoms with Crippen molar-refractivity contribution in [3.8, 4) is 0 Å². The average molecular weight is 425 g/mol. The fourth-order valence-electron chi connectivity index (χ4n) is 3.06. The monoisotopic (exact) mass is 424 g/mol. The lowest BCUT2D eigenvalue weighted by atomic mass is 10.2. The molecule has 1 atom stereocenters. The van der Waals surface area contributed by atoms with Crippen LogP contribution in [-0.2, 0) is 19.4 Å². The van der Waals surface area contributed by atoms with Gasteiger partial charge in [0.25, 0.3) is 5.91 Å². The highest BCUT2D eigenvalue weighted by atomic mass is 32.2. The van der Waals surface area contributed by atoms with E-state index in [0.717, 1.165) is 5.56 Å². The van der Waals surface area contributed by atoms with Crippen molar-refractivity contribution in [2.75, 3.05) is 25.1 Å². The fraction of sp³-hybridized carbons (Fsp3) is 0.389. The number of rotatable bonds is 5. The summed E-state index contributed by atoms with van der Waals surface area (Å²) in [5, 5.41) is 0. The summed E-state index contributed by atoms with van der Waals surface area (Å²) in [5.74, 6) is -0.254. The first-order chi connectivity index (χ1) is 12.8. The normalized spacial score (nSPS) is 23.2. The minimum Gasteiger partial charge on any atom is -0.342 e. The predicted octanol–water partition coefficient (Wildman–Crippen LogP) is 1.92. The van der Waals surface area contributed by atoms with Gasteiger partial charge in [0.05, 0.1) is 16.4 Å². The zero-order valence-electron chi connectivity index (χ0n) is 14.8. The van der Waals surface area contributed by atoms with Crippen LogP contribution in [0, 0.1) is 0 Å². The summed E-state index contributed by atoms with van der Waals surface area (Å²) < 4.78 is 23.6. The molecule has 27 heavy (non-hydrogen) atoms. The lowest BCUT2D eigenvalue weighted by Crippen LogP contribution is -2.40. The second-order valence-electron chi connectivity index (χ2n) is 6.56. The molecular weight excluding hydrogens is 404 g/mol.